The Kier molecular flexibility index (Phi) is 3.23. The molecule has 0 aliphatic rings. The van der Waals surface area contributed by atoms with Crippen molar-refractivity contribution in [3.05, 3.63) is 40.6 Å². The lowest BCUT2D eigenvalue weighted by Crippen LogP contribution is -2.10. The Morgan fingerprint density at radius 3 is 2.32 bits per heavy atom. The minimum atomic E-state index is -4.93. The number of alkyl halides is 3. The van der Waals surface area contributed by atoms with Crippen molar-refractivity contribution in [3.8, 4) is 11.3 Å². The van der Waals surface area contributed by atoms with E-state index < -0.39 is 29.2 Å². The van der Waals surface area contributed by atoms with Gasteiger partial charge in [0.1, 0.15) is 11.3 Å². The molecule has 1 N–H and O–H groups in total. The third-order valence-electron chi connectivity index (χ3n) is 2.28. The van der Waals surface area contributed by atoms with Gasteiger partial charge in [0.2, 0.25) is 0 Å². The number of carboxylic acids is 1. The van der Waals surface area contributed by atoms with Crippen LogP contribution in [0.2, 0.25) is 5.02 Å². The Labute approximate surface area is 109 Å². The van der Waals surface area contributed by atoms with Crippen molar-refractivity contribution in [3.63, 3.8) is 0 Å². The van der Waals surface area contributed by atoms with Gasteiger partial charge in [-0.25, -0.2) is 4.79 Å². The van der Waals surface area contributed by atoms with Gasteiger partial charge in [0, 0.05) is 10.6 Å². The molecule has 8 heteroatoms. The monoisotopic (exact) mass is 291 g/mol. The molecule has 0 fully saturated rings. The summed E-state index contributed by atoms with van der Waals surface area (Å²) in [5, 5.41) is 12.4. The maximum absolute atomic E-state index is 12.6. The molecule has 2 aromatic rings. The highest BCUT2D eigenvalue weighted by Gasteiger charge is 2.43. The van der Waals surface area contributed by atoms with Crippen molar-refractivity contribution in [2.24, 2.45) is 0 Å². The van der Waals surface area contributed by atoms with Crippen LogP contribution < -0.4 is 0 Å². The average molecular weight is 292 g/mol. The first-order chi connectivity index (χ1) is 8.80. The van der Waals surface area contributed by atoms with Gasteiger partial charge in [-0.2, -0.15) is 13.2 Å². The van der Waals surface area contributed by atoms with E-state index in [1.54, 1.807) is 0 Å². The highest BCUT2D eigenvalue weighted by atomic mass is 35.5. The van der Waals surface area contributed by atoms with E-state index in [-0.39, 0.29) is 5.56 Å². The van der Waals surface area contributed by atoms with Crippen LogP contribution in [-0.4, -0.2) is 16.2 Å². The molecule has 0 saturated carbocycles. The predicted molar refractivity (Wildman–Crippen MR) is 58.9 cm³/mol. The van der Waals surface area contributed by atoms with Gasteiger partial charge in [0.25, 0.3) is 5.76 Å². The first kappa shape index (κ1) is 13.4. The molecule has 1 aromatic heterocycles. The van der Waals surface area contributed by atoms with E-state index in [4.69, 9.17) is 16.7 Å². The van der Waals surface area contributed by atoms with Crippen molar-refractivity contribution < 1.29 is 27.6 Å². The van der Waals surface area contributed by atoms with Gasteiger partial charge in [0.05, 0.1) is 0 Å². The number of carboxylic acid groups (broad SMARTS) is 1. The van der Waals surface area contributed by atoms with Crippen LogP contribution in [0.15, 0.2) is 28.8 Å². The molecule has 0 spiro atoms. The van der Waals surface area contributed by atoms with Crippen molar-refractivity contribution in [1.29, 1.82) is 0 Å². The molecule has 1 aromatic carbocycles. The lowest BCUT2D eigenvalue weighted by molar-refractivity contribution is -0.156. The average Bonchev–Trinajstić information content (AvgIpc) is 2.74. The Morgan fingerprint density at radius 2 is 1.84 bits per heavy atom. The van der Waals surface area contributed by atoms with Crippen LogP contribution in [0, 0.1) is 0 Å². The van der Waals surface area contributed by atoms with E-state index in [0.717, 1.165) is 0 Å². The third kappa shape index (κ3) is 2.55. The van der Waals surface area contributed by atoms with Crippen LogP contribution in [-0.2, 0) is 6.18 Å². The van der Waals surface area contributed by atoms with Crippen LogP contribution in [0.4, 0.5) is 13.2 Å². The first-order valence-electron chi connectivity index (χ1n) is 4.87. The summed E-state index contributed by atoms with van der Waals surface area (Å²) in [6, 6.07) is 5.52. The minimum absolute atomic E-state index is 0.168. The Morgan fingerprint density at radius 1 is 1.26 bits per heavy atom. The number of hydrogen-bond donors (Lipinski definition) is 1. The van der Waals surface area contributed by atoms with Gasteiger partial charge < -0.3 is 9.63 Å². The van der Waals surface area contributed by atoms with Crippen molar-refractivity contribution in [2.45, 2.75) is 6.18 Å². The van der Waals surface area contributed by atoms with Gasteiger partial charge >= 0.3 is 12.1 Å². The molecule has 0 bridgehead atoms. The SMILES string of the molecule is O=C(O)c1c(-c2ccc(Cl)cc2)noc1C(F)(F)F. The largest absolute Gasteiger partial charge is 0.477 e. The molecule has 2 rings (SSSR count). The van der Waals surface area contributed by atoms with Crippen molar-refractivity contribution >= 4 is 17.6 Å². The number of hydrogen-bond acceptors (Lipinski definition) is 3. The van der Waals surface area contributed by atoms with E-state index in [2.05, 4.69) is 9.68 Å². The second kappa shape index (κ2) is 4.58. The highest BCUT2D eigenvalue weighted by molar-refractivity contribution is 6.30. The Bertz CT molecular complexity index is 619. The van der Waals surface area contributed by atoms with E-state index >= 15 is 0 Å². The Hall–Kier alpha value is -2.02. The zero-order valence-electron chi connectivity index (χ0n) is 9.03. The third-order valence-corrected chi connectivity index (χ3v) is 2.53. The summed E-state index contributed by atoms with van der Waals surface area (Å²) in [7, 11) is 0. The van der Waals surface area contributed by atoms with Gasteiger partial charge in [-0.1, -0.05) is 28.9 Å². The summed E-state index contributed by atoms with van der Waals surface area (Å²) in [5.74, 6) is -3.40. The van der Waals surface area contributed by atoms with Crippen LogP contribution in [0.25, 0.3) is 11.3 Å². The van der Waals surface area contributed by atoms with E-state index in [1.807, 2.05) is 0 Å². The smallest absolute Gasteiger partial charge is 0.453 e. The Balaban J connectivity index is 2.62. The van der Waals surface area contributed by atoms with Gasteiger partial charge in [0.15, 0.2) is 0 Å². The number of aromatic nitrogens is 1. The number of halogens is 4. The van der Waals surface area contributed by atoms with E-state index in [1.165, 1.54) is 24.3 Å². The van der Waals surface area contributed by atoms with Crippen LogP contribution in [0.1, 0.15) is 16.1 Å². The fourth-order valence-electron chi connectivity index (χ4n) is 1.49. The number of benzene rings is 1. The quantitative estimate of drug-likeness (QED) is 0.916. The normalized spacial score (nSPS) is 11.6. The molecule has 0 radical (unpaired) electrons. The summed E-state index contributed by atoms with van der Waals surface area (Å²) >= 11 is 5.64. The topological polar surface area (TPSA) is 63.3 Å². The fourth-order valence-corrected chi connectivity index (χ4v) is 1.61. The summed E-state index contributed by atoms with van der Waals surface area (Å²) in [5.41, 5.74) is -1.24. The molecular weight excluding hydrogens is 287 g/mol. The second-order valence-corrected chi connectivity index (χ2v) is 3.98. The van der Waals surface area contributed by atoms with E-state index in [0.29, 0.717) is 5.02 Å². The summed E-state index contributed by atoms with van der Waals surface area (Å²) in [6.45, 7) is 0. The van der Waals surface area contributed by atoms with Crippen molar-refractivity contribution in [1.82, 2.24) is 5.16 Å². The molecule has 0 aliphatic carbocycles. The maximum Gasteiger partial charge on any atom is 0.453 e. The lowest BCUT2D eigenvalue weighted by Gasteiger charge is -2.02. The molecule has 19 heavy (non-hydrogen) atoms. The number of nitrogens with zero attached hydrogens (tertiary/aromatic N) is 1. The zero-order chi connectivity index (χ0) is 14.2. The minimum Gasteiger partial charge on any atom is -0.477 e. The molecule has 0 saturated heterocycles. The molecule has 0 unspecified atom stereocenters. The molecule has 100 valence electrons. The summed E-state index contributed by atoms with van der Waals surface area (Å²) < 4.78 is 41.9. The van der Waals surface area contributed by atoms with Gasteiger partial charge in [-0.05, 0) is 12.1 Å². The maximum atomic E-state index is 12.6. The van der Waals surface area contributed by atoms with Crippen LogP contribution in [0.5, 0.6) is 0 Å². The highest BCUT2D eigenvalue weighted by Crippen LogP contribution is 2.36. The summed E-state index contributed by atoms with van der Waals surface area (Å²) in [6.07, 6.45) is -4.93. The van der Waals surface area contributed by atoms with Gasteiger partial charge in [-0.3, -0.25) is 0 Å². The zero-order valence-corrected chi connectivity index (χ0v) is 9.79. The van der Waals surface area contributed by atoms with E-state index in [9.17, 15) is 18.0 Å². The van der Waals surface area contributed by atoms with Gasteiger partial charge in [-0.15, -0.1) is 0 Å². The first-order valence-corrected chi connectivity index (χ1v) is 5.24. The molecular formula is C11H5ClF3NO3. The lowest BCUT2D eigenvalue weighted by atomic mass is 10.1. The molecule has 0 aliphatic heterocycles. The molecule has 0 amide bonds. The number of carbonyl (C=O) groups is 1. The summed E-state index contributed by atoms with van der Waals surface area (Å²) in [4.78, 5) is 11.0. The number of rotatable bonds is 2. The van der Waals surface area contributed by atoms with Crippen LogP contribution >= 0.6 is 11.6 Å². The standard InChI is InChI=1S/C11H5ClF3NO3/c12-6-3-1-5(2-4-6)8-7(10(17)18)9(19-16-8)11(13,14)15/h1-4H,(H,17,18). The van der Waals surface area contributed by atoms with Crippen LogP contribution in [0.3, 0.4) is 0 Å². The second-order valence-electron chi connectivity index (χ2n) is 3.55. The van der Waals surface area contributed by atoms with Crippen molar-refractivity contribution in [2.75, 3.05) is 0 Å². The number of aromatic carboxylic acids is 1. The fraction of sp³-hybridized carbons (Fsp3) is 0.0909. The predicted octanol–water partition coefficient (Wildman–Crippen LogP) is 3.71. The molecule has 0 atom stereocenters. The molecule has 4 nitrogen and oxygen atoms in total. The molecule has 1 heterocycles.